The van der Waals surface area contributed by atoms with Crippen LogP contribution in [0.1, 0.15) is 55.7 Å². The van der Waals surface area contributed by atoms with Gasteiger partial charge >= 0.3 is 0 Å². The summed E-state index contributed by atoms with van der Waals surface area (Å²) in [4.78, 5) is 29.0. The van der Waals surface area contributed by atoms with Crippen LogP contribution >= 0.6 is 0 Å². The molecule has 7 nitrogen and oxygen atoms in total. The summed E-state index contributed by atoms with van der Waals surface area (Å²) in [6.07, 6.45) is 5.04. The zero-order valence-electron chi connectivity index (χ0n) is 21.0. The smallest absolute Gasteiger partial charge is 0.247 e. The molecule has 0 unspecified atom stereocenters. The monoisotopic (exact) mass is 497 g/mol. The summed E-state index contributed by atoms with van der Waals surface area (Å²) in [5.74, 6) is -0.740. The van der Waals surface area contributed by atoms with Gasteiger partial charge in [-0.3, -0.25) is 14.5 Å². The fraction of sp³-hybridized carbons (Fsp3) is 0.481. The lowest BCUT2D eigenvalue weighted by Crippen LogP contribution is -2.70. The third kappa shape index (κ3) is 5.00. The molecule has 1 atom stereocenters. The van der Waals surface area contributed by atoms with Crippen molar-refractivity contribution in [2.75, 3.05) is 18.0 Å². The van der Waals surface area contributed by atoms with Crippen LogP contribution in [0.25, 0.3) is 0 Å². The van der Waals surface area contributed by atoms with Crippen LogP contribution in [0.15, 0.2) is 47.4 Å². The molecule has 1 saturated carbocycles. The third-order valence-electron chi connectivity index (χ3n) is 7.38. The Labute approximate surface area is 208 Å². The van der Waals surface area contributed by atoms with Crippen molar-refractivity contribution < 1.29 is 18.0 Å². The van der Waals surface area contributed by atoms with Gasteiger partial charge in [0.15, 0.2) is 0 Å². The maximum atomic E-state index is 13.8. The fourth-order valence-corrected chi connectivity index (χ4v) is 6.53. The maximum Gasteiger partial charge on any atom is 0.247 e. The van der Waals surface area contributed by atoms with E-state index in [-0.39, 0.29) is 29.9 Å². The summed E-state index contributed by atoms with van der Waals surface area (Å²) < 4.78 is 28.2. The fourth-order valence-electron chi connectivity index (χ4n) is 5.05. The minimum absolute atomic E-state index is 0.0360. The molecule has 2 aliphatic rings. The van der Waals surface area contributed by atoms with Crippen LogP contribution < -0.4 is 10.2 Å². The zero-order valence-corrected chi connectivity index (χ0v) is 21.8. The molecule has 0 spiro atoms. The second kappa shape index (κ2) is 9.74. The standard InChI is InChI=1S/C27H35N3O4S/c1-19-10-14-24(15-11-19)35(33,34)29-17-25(31)30(23-13-12-20(2)21(3)16-23)27(4,18-29)26(32)28-22-8-6-5-7-9-22/h10-16,22H,5-9,17-18H2,1-4H3,(H,28,32)/t27-/m1/s1. The van der Waals surface area contributed by atoms with Crippen molar-refractivity contribution >= 4 is 27.5 Å². The molecule has 2 fully saturated rings. The van der Waals surface area contributed by atoms with Crippen molar-refractivity contribution in [3.8, 4) is 0 Å². The van der Waals surface area contributed by atoms with E-state index in [1.807, 2.05) is 39.0 Å². The largest absolute Gasteiger partial charge is 0.351 e. The number of carbonyl (C=O) groups is 2. The second-order valence-electron chi connectivity index (χ2n) is 10.2. The number of rotatable bonds is 5. The highest BCUT2D eigenvalue weighted by Gasteiger charge is 2.51. The first-order valence-electron chi connectivity index (χ1n) is 12.3. The van der Waals surface area contributed by atoms with Gasteiger partial charge in [-0.2, -0.15) is 4.31 Å². The van der Waals surface area contributed by atoms with Crippen LogP contribution in [0, 0.1) is 20.8 Å². The van der Waals surface area contributed by atoms with Gasteiger partial charge in [0.1, 0.15) is 5.54 Å². The van der Waals surface area contributed by atoms with E-state index >= 15 is 0 Å². The van der Waals surface area contributed by atoms with Crippen molar-refractivity contribution in [1.29, 1.82) is 0 Å². The number of sulfonamides is 1. The number of hydrogen-bond acceptors (Lipinski definition) is 4. The molecule has 2 amide bonds. The number of carbonyl (C=O) groups excluding carboxylic acids is 2. The Hall–Kier alpha value is -2.71. The summed E-state index contributed by atoms with van der Waals surface area (Å²) in [5.41, 5.74) is 2.23. The number of amides is 2. The number of anilines is 1. The van der Waals surface area contributed by atoms with Gasteiger partial charge in [-0.1, -0.05) is 43.0 Å². The van der Waals surface area contributed by atoms with Crippen molar-refractivity contribution in [3.05, 3.63) is 59.2 Å². The number of benzene rings is 2. The third-order valence-corrected chi connectivity index (χ3v) is 9.18. The van der Waals surface area contributed by atoms with Crippen LogP contribution in [-0.2, 0) is 19.6 Å². The number of nitrogens with zero attached hydrogens (tertiary/aromatic N) is 2. The molecule has 1 aliphatic heterocycles. The van der Waals surface area contributed by atoms with E-state index in [9.17, 15) is 18.0 Å². The zero-order chi connectivity index (χ0) is 25.4. The highest BCUT2D eigenvalue weighted by atomic mass is 32.2. The Balaban J connectivity index is 1.73. The van der Waals surface area contributed by atoms with E-state index in [1.54, 1.807) is 31.2 Å². The summed E-state index contributed by atoms with van der Waals surface area (Å²) >= 11 is 0. The van der Waals surface area contributed by atoms with Crippen LogP contribution in [-0.4, -0.2) is 49.2 Å². The minimum Gasteiger partial charge on any atom is -0.351 e. The van der Waals surface area contributed by atoms with Gasteiger partial charge < -0.3 is 5.32 Å². The normalized spacial score (nSPS) is 22.3. The van der Waals surface area contributed by atoms with Crippen molar-refractivity contribution in [1.82, 2.24) is 9.62 Å². The number of nitrogens with one attached hydrogen (secondary N) is 1. The van der Waals surface area contributed by atoms with Crippen molar-refractivity contribution in [2.45, 2.75) is 76.3 Å². The molecule has 1 saturated heterocycles. The molecular formula is C27H35N3O4S. The predicted octanol–water partition coefficient (Wildman–Crippen LogP) is 3.86. The average molecular weight is 498 g/mol. The van der Waals surface area contributed by atoms with E-state index in [0.29, 0.717) is 5.69 Å². The van der Waals surface area contributed by atoms with Gasteiger partial charge in [-0.25, -0.2) is 8.42 Å². The van der Waals surface area contributed by atoms with E-state index in [2.05, 4.69) is 5.32 Å². The SMILES string of the molecule is Cc1ccc(S(=O)(=O)N2CC(=O)N(c3ccc(C)c(C)c3)[C@@](C)(C(=O)NC3CCCCC3)C2)cc1. The molecular weight excluding hydrogens is 462 g/mol. The Kier molecular flexibility index (Phi) is 7.06. The highest BCUT2D eigenvalue weighted by Crippen LogP contribution is 2.33. The molecule has 188 valence electrons. The first-order valence-corrected chi connectivity index (χ1v) is 13.7. The molecule has 0 aromatic heterocycles. The average Bonchev–Trinajstić information content (AvgIpc) is 2.82. The molecule has 8 heteroatoms. The molecule has 2 aromatic carbocycles. The van der Waals surface area contributed by atoms with Crippen molar-refractivity contribution in [3.63, 3.8) is 0 Å². The Morgan fingerprint density at radius 2 is 1.63 bits per heavy atom. The first-order chi connectivity index (χ1) is 16.5. The Morgan fingerprint density at radius 3 is 2.26 bits per heavy atom. The first kappa shape index (κ1) is 25.4. The van der Waals surface area contributed by atoms with Gasteiger partial charge in [0.25, 0.3) is 0 Å². The predicted molar refractivity (Wildman–Crippen MR) is 137 cm³/mol. The van der Waals surface area contributed by atoms with Crippen LogP contribution in [0.2, 0.25) is 0 Å². The lowest BCUT2D eigenvalue weighted by atomic mass is 9.91. The summed E-state index contributed by atoms with van der Waals surface area (Å²) in [7, 11) is -3.96. The van der Waals surface area contributed by atoms with Gasteiger partial charge in [0.05, 0.1) is 11.4 Å². The van der Waals surface area contributed by atoms with E-state index in [4.69, 9.17) is 0 Å². The maximum absolute atomic E-state index is 13.8. The second-order valence-corrected chi connectivity index (χ2v) is 12.1. The molecule has 4 rings (SSSR count). The summed E-state index contributed by atoms with van der Waals surface area (Å²) in [6.45, 7) is 7.06. The molecule has 2 aromatic rings. The van der Waals surface area contributed by atoms with E-state index in [0.717, 1.165) is 53.1 Å². The molecule has 1 N–H and O–H groups in total. The lowest BCUT2D eigenvalue weighted by Gasteiger charge is -2.47. The minimum atomic E-state index is -3.96. The molecule has 1 aliphatic carbocycles. The molecule has 1 heterocycles. The Morgan fingerprint density at radius 1 is 0.971 bits per heavy atom. The number of aryl methyl sites for hydroxylation is 3. The Bertz CT molecular complexity index is 1220. The van der Waals surface area contributed by atoms with Crippen LogP contribution in [0.4, 0.5) is 5.69 Å². The summed E-state index contributed by atoms with van der Waals surface area (Å²) in [6, 6.07) is 12.2. The van der Waals surface area contributed by atoms with Gasteiger partial charge in [0, 0.05) is 18.3 Å². The van der Waals surface area contributed by atoms with E-state index in [1.165, 1.54) is 4.90 Å². The molecule has 35 heavy (non-hydrogen) atoms. The lowest BCUT2D eigenvalue weighted by molar-refractivity contribution is -0.133. The highest BCUT2D eigenvalue weighted by molar-refractivity contribution is 7.89. The van der Waals surface area contributed by atoms with E-state index < -0.39 is 21.5 Å². The number of hydrogen-bond donors (Lipinski definition) is 1. The van der Waals surface area contributed by atoms with Crippen LogP contribution in [0.5, 0.6) is 0 Å². The van der Waals surface area contributed by atoms with Gasteiger partial charge in [0.2, 0.25) is 21.8 Å². The van der Waals surface area contributed by atoms with Crippen molar-refractivity contribution in [2.24, 2.45) is 0 Å². The molecule has 0 radical (unpaired) electrons. The van der Waals surface area contributed by atoms with Gasteiger partial charge in [-0.05, 0) is 75.9 Å². The molecule has 0 bridgehead atoms. The van der Waals surface area contributed by atoms with Gasteiger partial charge in [-0.15, -0.1) is 0 Å². The number of piperazine rings is 1. The topological polar surface area (TPSA) is 86.8 Å². The quantitative estimate of drug-likeness (QED) is 0.680. The summed E-state index contributed by atoms with van der Waals surface area (Å²) in [5, 5.41) is 3.14. The van der Waals surface area contributed by atoms with Crippen LogP contribution in [0.3, 0.4) is 0 Å².